The van der Waals surface area contributed by atoms with E-state index >= 15 is 0 Å². The molecule has 7 heteroatoms. The van der Waals surface area contributed by atoms with Gasteiger partial charge in [-0.3, -0.25) is 0 Å². The number of hydrogen-bond acceptors (Lipinski definition) is 7. The summed E-state index contributed by atoms with van der Waals surface area (Å²) in [5, 5.41) is 29.3. The van der Waals surface area contributed by atoms with Crippen LogP contribution in [-0.4, -0.2) is 60.4 Å². The predicted octanol–water partition coefficient (Wildman–Crippen LogP) is -0.514. The highest BCUT2D eigenvalue weighted by molar-refractivity contribution is 5.39. The summed E-state index contributed by atoms with van der Waals surface area (Å²) in [6.45, 7) is 0. The minimum Gasteiger partial charge on any atom is -0.493 e. The topological polar surface area (TPSA) is 97.6 Å². The molecule has 1 aliphatic heterocycles. The van der Waals surface area contributed by atoms with Crippen LogP contribution in [0.4, 0.5) is 0 Å². The molecule has 0 aliphatic carbocycles. The van der Waals surface area contributed by atoms with Crippen molar-refractivity contribution in [3.05, 3.63) is 24.3 Å². The van der Waals surface area contributed by atoms with Crippen LogP contribution in [0.25, 0.3) is 0 Å². The fourth-order valence-electron chi connectivity index (χ4n) is 1.95. The molecule has 0 radical (unpaired) electrons. The highest BCUT2D eigenvalue weighted by Crippen LogP contribution is 2.30. The Labute approximate surface area is 116 Å². The molecular weight excluding hydrogens is 268 g/mol. The summed E-state index contributed by atoms with van der Waals surface area (Å²) >= 11 is 0. The van der Waals surface area contributed by atoms with Gasteiger partial charge in [-0.2, -0.15) is 0 Å². The van der Waals surface area contributed by atoms with Gasteiger partial charge in [-0.25, -0.2) is 0 Å². The van der Waals surface area contributed by atoms with E-state index < -0.39 is 30.9 Å². The quantitative estimate of drug-likeness (QED) is 0.685. The maximum absolute atomic E-state index is 9.89. The molecule has 0 amide bonds. The molecule has 0 unspecified atom stereocenters. The third kappa shape index (κ3) is 2.87. The molecule has 1 aromatic rings. The summed E-state index contributed by atoms with van der Waals surface area (Å²) in [6, 6.07) is 6.81. The second kappa shape index (κ2) is 6.38. The van der Waals surface area contributed by atoms with Gasteiger partial charge in [0.25, 0.3) is 0 Å². The summed E-state index contributed by atoms with van der Waals surface area (Å²) in [7, 11) is 2.80. The second-order valence-electron chi connectivity index (χ2n) is 4.35. The molecule has 20 heavy (non-hydrogen) atoms. The number of benzene rings is 1. The van der Waals surface area contributed by atoms with Crippen LogP contribution in [0.15, 0.2) is 24.3 Å². The molecule has 1 aliphatic rings. The van der Waals surface area contributed by atoms with E-state index in [2.05, 4.69) is 0 Å². The van der Waals surface area contributed by atoms with Crippen molar-refractivity contribution in [2.75, 3.05) is 14.2 Å². The van der Waals surface area contributed by atoms with Crippen LogP contribution >= 0.6 is 0 Å². The minimum absolute atomic E-state index is 0.345. The van der Waals surface area contributed by atoms with Crippen molar-refractivity contribution in [2.24, 2.45) is 0 Å². The Balaban J connectivity index is 2.15. The minimum atomic E-state index is -1.44. The van der Waals surface area contributed by atoms with E-state index in [4.69, 9.17) is 18.9 Å². The molecule has 3 N–H and O–H groups in total. The first kappa shape index (κ1) is 15.0. The average Bonchev–Trinajstić information content (AvgIpc) is 2.48. The molecule has 0 spiro atoms. The van der Waals surface area contributed by atoms with E-state index in [1.807, 2.05) is 0 Å². The Hall–Kier alpha value is -1.38. The maximum atomic E-state index is 9.89. The monoisotopic (exact) mass is 286 g/mol. The molecule has 0 aromatic heterocycles. The fourth-order valence-corrected chi connectivity index (χ4v) is 1.95. The van der Waals surface area contributed by atoms with Crippen LogP contribution in [0.5, 0.6) is 11.5 Å². The highest BCUT2D eigenvalue weighted by atomic mass is 16.8. The summed E-state index contributed by atoms with van der Waals surface area (Å²) in [4.78, 5) is 0. The number of aliphatic hydroxyl groups excluding tert-OH is 3. The second-order valence-corrected chi connectivity index (χ2v) is 4.35. The Morgan fingerprint density at radius 1 is 0.900 bits per heavy atom. The third-order valence-corrected chi connectivity index (χ3v) is 3.07. The largest absolute Gasteiger partial charge is 0.493 e. The number of hydrogen-bond donors (Lipinski definition) is 3. The molecule has 1 heterocycles. The summed E-state index contributed by atoms with van der Waals surface area (Å²) < 4.78 is 20.8. The van der Waals surface area contributed by atoms with Gasteiger partial charge in [-0.1, -0.05) is 12.1 Å². The first-order chi connectivity index (χ1) is 9.58. The molecule has 7 nitrogen and oxygen atoms in total. The Bertz CT molecular complexity index is 436. The van der Waals surface area contributed by atoms with Gasteiger partial charge in [-0.05, 0) is 12.1 Å². The number of methoxy groups -OCH3 is 2. The highest BCUT2D eigenvalue weighted by Gasteiger charge is 2.45. The number of rotatable bonds is 4. The molecule has 1 fully saturated rings. The summed E-state index contributed by atoms with van der Waals surface area (Å²) in [5.41, 5.74) is 0. The van der Waals surface area contributed by atoms with Crippen LogP contribution in [0.1, 0.15) is 0 Å². The molecular formula is C13H18O7. The maximum Gasteiger partial charge on any atom is 0.231 e. The lowest BCUT2D eigenvalue weighted by Crippen LogP contribution is -2.59. The SMILES string of the molecule is COc1ccccc1O[C@@H]1O[C@H](OC)[C@@H](O)[C@H](O)[C@H]1O. The lowest BCUT2D eigenvalue weighted by atomic mass is 10.0. The van der Waals surface area contributed by atoms with Gasteiger partial charge in [0.05, 0.1) is 7.11 Å². The molecule has 1 saturated heterocycles. The molecule has 5 atom stereocenters. The van der Waals surface area contributed by atoms with Gasteiger partial charge in [0, 0.05) is 7.11 Å². The van der Waals surface area contributed by atoms with Crippen molar-refractivity contribution in [2.45, 2.75) is 30.9 Å². The van der Waals surface area contributed by atoms with Crippen molar-refractivity contribution >= 4 is 0 Å². The van der Waals surface area contributed by atoms with Crippen molar-refractivity contribution in [3.8, 4) is 11.5 Å². The zero-order valence-electron chi connectivity index (χ0n) is 11.2. The molecule has 1 aromatic carbocycles. The molecule has 0 bridgehead atoms. The molecule has 0 saturated carbocycles. The van der Waals surface area contributed by atoms with E-state index in [-0.39, 0.29) is 0 Å². The van der Waals surface area contributed by atoms with Crippen LogP contribution in [-0.2, 0) is 9.47 Å². The standard InChI is InChI=1S/C13H18O7/c1-17-7-5-3-4-6-8(7)19-13-11(16)9(14)10(15)12(18-2)20-13/h3-6,9-16H,1-2H3/t9-,10-,11+,12-,13+/m0/s1. The van der Waals surface area contributed by atoms with Crippen molar-refractivity contribution < 1.29 is 34.3 Å². The van der Waals surface area contributed by atoms with Crippen molar-refractivity contribution in [3.63, 3.8) is 0 Å². The first-order valence-corrected chi connectivity index (χ1v) is 6.10. The van der Waals surface area contributed by atoms with Gasteiger partial charge >= 0.3 is 0 Å². The van der Waals surface area contributed by atoms with E-state index in [1.54, 1.807) is 24.3 Å². The normalized spacial score (nSPS) is 33.8. The average molecular weight is 286 g/mol. The van der Waals surface area contributed by atoms with Gasteiger partial charge in [0.15, 0.2) is 17.8 Å². The zero-order chi connectivity index (χ0) is 14.7. The van der Waals surface area contributed by atoms with Gasteiger partial charge in [0.1, 0.15) is 18.3 Å². The summed E-state index contributed by atoms with van der Waals surface area (Å²) in [5.74, 6) is 0.801. The van der Waals surface area contributed by atoms with E-state index in [9.17, 15) is 15.3 Å². The Morgan fingerprint density at radius 3 is 2.10 bits per heavy atom. The van der Waals surface area contributed by atoms with E-state index in [0.29, 0.717) is 11.5 Å². The third-order valence-electron chi connectivity index (χ3n) is 3.07. The number of para-hydroxylation sites is 2. The van der Waals surface area contributed by atoms with E-state index in [1.165, 1.54) is 14.2 Å². The fraction of sp³-hybridized carbons (Fsp3) is 0.538. The summed E-state index contributed by atoms with van der Waals surface area (Å²) in [6.07, 6.45) is -6.48. The first-order valence-electron chi connectivity index (χ1n) is 6.10. The lowest BCUT2D eigenvalue weighted by molar-refractivity contribution is -0.327. The predicted molar refractivity (Wildman–Crippen MR) is 67.3 cm³/mol. The van der Waals surface area contributed by atoms with Crippen LogP contribution in [0, 0.1) is 0 Å². The molecule has 2 rings (SSSR count). The Morgan fingerprint density at radius 2 is 1.50 bits per heavy atom. The van der Waals surface area contributed by atoms with Crippen molar-refractivity contribution in [1.29, 1.82) is 0 Å². The number of aliphatic hydroxyl groups is 3. The van der Waals surface area contributed by atoms with Gasteiger partial charge in [0.2, 0.25) is 6.29 Å². The lowest BCUT2D eigenvalue weighted by Gasteiger charge is -2.39. The number of ether oxygens (including phenoxy) is 4. The van der Waals surface area contributed by atoms with Crippen LogP contribution in [0.3, 0.4) is 0 Å². The zero-order valence-corrected chi connectivity index (χ0v) is 11.2. The molecule has 112 valence electrons. The van der Waals surface area contributed by atoms with Crippen LogP contribution < -0.4 is 9.47 Å². The Kier molecular flexibility index (Phi) is 4.79. The van der Waals surface area contributed by atoms with Gasteiger partial charge in [-0.15, -0.1) is 0 Å². The van der Waals surface area contributed by atoms with E-state index in [0.717, 1.165) is 0 Å². The van der Waals surface area contributed by atoms with Crippen LogP contribution in [0.2, 0.25) is 0 Å². The smallest absolute Gasteiger partial charge is 0.231 e. The van der Waals surface area contributed by atoms with Gasteiger partial charge < -0.3 is 34.3 Å². The van der Waals surface area contributed by atoms with Crippen molar-refractivity contribution in [1.82, 2.24) is 0 Å².